The zero-order valence-corrected chi connectivity index (χ0v) is 12.8. The molecule has 0 N–H and O–H groups in total. The lowest BCUT2D eigenvalue weighted by atomic mass is 10.1. The summed E-state index contributed by atoms with van der Waals surface area (Å²) in [4.78, 5) is 0. The van der Waals surface area contributed by atoms with Crippen molar-refractivity contribution in [3.63, 3.8) is 0 Å². The maximum Gasteiger partial charge on any atom is 0.424 e. The monoisotopic (exact) mass is 284 g/mol. The summed E-state index contributed by atoms with van der Waals surface area (Å²) in [5, 5.41) is 0. The first-order chi connectivity index (χ1) is 8.12. The van der Waals surface area contributed by atoms with E-state index in [0.717, 1.165) is 19.3 Å². The van der Waals surface area contributed by atoms with Crippen molar-refractivity contribution in [1.29, 1.82) is 0 Å². The molecule has 0 aromatic heterocycles. The topological polar surface area (TPSA) is 35.5 Å². The molecule has 0 aliphatic rings. The Kier molecular flexibility index (Phi) is 11.8. The van der Waals surface area contributed by atoms with Crippen LogP contribution in [0.2, 0.25) is 0 Å². The molecule has 0 saturated carbocycles. The molecule has 0 radical (unpaired) electrons. The van der Waals surface area contributed by atoms with Gasteiger partial charge in [0.2, 0.25) is 0 Å². The lowest BCUT2D eigenvalue weighted by Gasteiger charge is -2.10. The van der Waals surface area contributed by atoms with E-state index in [0.29, 0.717) is 13.2 Å². The van der Waals surface area contributed by atoms with E-state index in [2.05, 4.69) is 6.92 Å². The highest BCUT2D eigenvalue weighted by molar-refractivity contribution is 7.81. The predicted octanol–water partition coefficient (Wildman–Crippen LogP) is 5.53. The van der Waals surface area contributed by atoms with Crippen LogP contribution >= 0.6 is 18.2 Å². The van der Waals surface area contributed by atoms with Crippen LogP contribution in [0.1, 0.15) is 65.2 Å². The summed E-state index contributed by atoms with van der Waals surface area (Å²) >= 11 is 5.61. The van der Waals surface area contributed by atoms with Gasteiger partial charge >= 0.3 is 6.95 Å². The Morgan fingerprint density at radius 2 is 1.35 bits per heavy atom. The first-order valence-electron chi connectivity index (χ1n) is 6.71. The van der Waals surface area contributed by atoms with Crippen molar-refractivity contribution in [1.82, 2.24) is 0 Å². The van der Waals surface area contributed by atoms with E-state index in [1.54, 1.807) is 0 Å². The standard InChI is InChI=1S/C12H26ClO3P/c1-3-5-6-7-8-9-10-12-16-17(13,14)15-11-4-2/h3-12H2,1-2H3. The molecule has 5 heteroatoms. The van der Waals surface area contributed by atoms with Crippen LogP contribution < -0.4 is 0 Å². The number of hydrogen-bond donors (Lipinski definition) is 0. The fourth-order valence-corrected chi connectivity index (χ4v) is 2.71. The highest BCUT2D eigenvalue weighted by atomic mass is 35.7. The second-order valence-electron chi connectivity index (χ2n) is 4.22. The lowest BCUT2D eigenvalue weighted by molar-refractivity contribution is 0.215. The smallest absolute Gasteiger partial charge is 0.297 e. The van der Waals surface area contributed by atoms with Gasteiger partial charge in [-0.1, -0.05) is 52.4 Å². The Hall–Kier alpha value is 0.440. The van der Waals surface area contributed by atoms with Crippen LogP contribution in [0.15, 0.2) is 0 Å². The predicted molar refractivity (Wildman–Crippen MR) is 73.6 cm³/mol. The third-order valence-electron chi connectivity index (χ3n) is 2.44. The van der Waals surface area contributed by atoms with Crippen LogP contribution in [-0.4, -0.2) is 13.2 Å². The van der Waals surface area contributed by atoms with Crippen LogP contribution in [0, 0.1) is 0 Å². The summed E-state index contributed by atoms with van der Waals surface area (Å²) in [7, 11) is 0. The normalized spacial score (nSPS) is 14.8. The van der Waals surface area contributed by atoms with Gasteiger partial charge in [-0.15, -0.1) is 0 Å². The lowest BCUT2D eigenvalue weighted by Crippen LogP contribution is -1.94. The molecule has 1 atom stereocenters. The van der Waals surface area contributed by atoms with Gasteiger partial charge in [-0.05, 0) is 12.8 Å². The molecule has 0 aromatic carbocycles. The largest absolute Gasteiger partial charge is 0.424 e. The molecule has 104 valence electrons. The van der Waals surface area contributed by atoms with Crippen LogP contribution in [0.5, 0.6) is 0 Å². The Morgan fingerprint density at radius 3 is 1.94 bits per heavy atom. The molecular weight excluding hydrogens is 259 g/mol. The van der Waals surface area contributed by atoms with E-state index in [4.69, 9.17) is 20.3 Å². The van der Waals surface area contributed by atoms with Crippen LogP contribution in [0.25, 0.3) is 0 Å². The molecule has 0 aliphatic carbocycles. The number of halogens is 1. The molecule has 17 heavy (non-hydrogen) atoms. The Morgan fingerprint density at radius 1 is 0.824 bits per heavy atom. The summed E-state index contributed by atoms with van der Waals surface area (Å²) in [5.74, 6) is 0. The average Bonchev–Trinajstić information content (AvgIpc) is 2.30. The summed E-state index contributed by atoms with van der Waals surface area (Å²) in [6.07, 6.45) is 9.19. The molecule has 0 fully saturated rings. The third kappa shape index (κ3) is 12.7. The molecule has 0 bridgehead atoms. The van der Waals surface area contributed by atoms with Crippen LogP contribution in [-0.2, 0) is 13.6 Å². The van der Waals surface area contributed by atoms with E-state index < -0.39 is 6.95 Å². The van der Waals surface area contributed by atoms with Gasteiger partial charge in [-0.2, -0.15) is 0 Å². The van der Waals surface area contributed by atoms with Gasteiger partial charge in [0, 0.05) is 11.2 Å². The molecule has 0 saturated heterocycles. The number of unbranched alkanes of at least 4 members (excludes halogenated alkanes) is 6. The van der Waals surface area contributed by atoms with Gasteiger partial charge in [0.15, 0.2) is 0 Å². The Bertz CT molecular complexity index is 212. The van der Waals surface area contributed by atoms with Crippen molar-refractivity contribution in [2.75, 3.05) is 13.2 Å². The summed E-state index contributed by atoms with van der Waals surface area (Å²) in [6, 6.07) is 0. The molecule has 0 heterocycles. The summed E-state index contributed by atoms with van der Waals surface area (Å²) < 4.78 is 21.5. The maximum atomic E-state index is 11.5. The van der Waals surface area contributed by atoms with Gasteiger partial charge in [0.05, 0.1) is 13.2 Å². The second kappa shape index (κ2) is 11.5. The fraction of sp³-hybridized carbons (Fsp3) is 1.00. The first kappa shape index (κ1) is 17.4. The van der Waals surface area contributed by atoms with Gasteiger partial charge in [0.25, 0.3) is 0 Å². The second-order valence-corrected chi connectivity index (χ2v) is 6.84. The van der Waals surface area contributed by atoms with Gasteiger partial charge < -0.3 is 0 Å². The highest BCUT2D eigenvalue weighted by Crippen LogP contribution is 2.53. The summed E-state index contributed by atoms with van der Waals surface area (Å²) in [5.41, 5.74) is 0. The van der Waals surface area contributed by atoms with E-state index >= 15 is 0 Å². The zero-order chi connectivity index (χ0) is 13.0. The van der Waals surface area contributed by atoms with E-state index in [1.807, 2.05) is 6.92 Å². The molecule has 0 aromatic rings. The highest BCUT2D eigenvalue weighted by Gasteiger charge is 2.19. The van der Waals surface area contributed by atoms with Gasteiger partial charge in [-0.25, -0.2) is 4.57 Å². The molecule has 0 aliphatic heterocycles. The summed E-state index contributed by atoms with van der Waals surface area (Å²) in [6.45, 7) is 1.66. The van der Waals surface area contributed by atoms with Gasteiger partial charge in [0.1, 0.15) is 0 Å². The van der Waals surface area contributed by atoms with Crippen molar-refractivity contribution in [2.45, 2.75) is 65.2 Å². The van der Waals surface area contributed by atoms with E-state index in [-0.39, 0.29) is 0 Å². The Labute approximate surface area is 111 Å². The zero-order valence-electron chi connectivity index (χ0n) is 11.1. The molecular formula is C12H26ClO3P. The molecule has 0 spiro atoms. The maximum absolute atomic E-state index is 11.5. The minimum Gasteiger partial charge on any atom is -0.297 e. The van der Waals surface area contributed by atoms with Crippen LogP contribution in [0.4, 0.5) is 0 Å². The minimum atomic E-state index is -3.30. The average molecular weight is 285 g/mol. The van der Waals surface area contributed by atoms with E-state index in [9.17, 15) is 4.57 Å². The molecule has 3 nitrogen and oxygen atoms in total. The van der Waals surface area contributed by atoms with Crippen molar-refractivity contribution < 1.29 is 13.6 Å². The SMILES string of the molecule is CCCCCCCCCOP(=O)(Cl)OCCC. The van der Waals surface area contributed by atoms with Crippen molar-refractivity contribution in [3.05, 3.63) is 0 Å². The molecule has 0 rings (SSSR count). The number of rotatable bonds is 12. The fourth-order valence-electron chi connectivity index (χ4n) is 1.47. The van der Waals surface area contributed by atoms with Crippen LogP contribution in [0.3, 0.4) is 0 Å². The van der Waals surface area contributed by atoms with Gasteiger partial charge in [-0.3, -0.25) is 9.05 Å². The third-order valence-corrected chi connectivity index (χ3v) is 4.01. The molecule has 0 amide bonds. The van der Waals surface area contributed by atoms with Crippen molar-refractivity contribution in [3.8, 4) is 0 Å². The number of hydrogen-bond acceptors (Lipinski definition) is 3. The molecule has 1 unspecified atom stereocenters. The van der Waals surface area contributed by atoms with E-state index in [1.165, 1.54) is 32.1 Å². The Balaban J connectivity index is 3.29. The minimum absolute atomic E-state index is 0.387. The first-order valence-corrected chi connectivity index (χ1v) is 9.16. The van der Waals surface area contributed by atoms with Crippen molar-refractivity contribution in [2.24, 2.45) is 0 Å². The van der Waals surface area contributed by atoms with Crippen molar-refractivity contribution >= 4 is 18.2 Å². The quantitative estimate of drug-likeness (QED) is 0.349.